The number of hydrogen-bond acceptors (Lipinski definition) is 3. The number of carbonyl (C=O) groups excluding carboxylic acids is 1. The summed E-state index contributed by atoms with van der Waals surface area (Å²) in [4.78, 5) is 12.6. The molecule has 23 heavy (non-hydrogen) atoms. The Balaban J connectivity index is 2.08. The van der Waals surface area contributed by atoms with Gasteiger partial charge < -0.3 is 5.32 Å². The van der Waals surface area contributed by atoms with Crippen LogP contribution < -0.4 is 5.32 Å². The molecule has 1 amide bonds. The van der Waals surface area contributed by atoms with Crippen molar-refractivity contribution < 1.29 is 13.2 Å². The summed E-state index contributed by atoms with van der Waals surface area (Å²) in [6.45, 7) is 3.46. The van der Waals surface area contributed by atoms with Gasteiger partial charge in [0.25, 0.3) is 0 Å². The van der Waals surface area contributed by atoms with Crippen LogP contribution in [0.25, 0.3) is 0 Å². The van der Waals surface area contributed by atoms with E-state index in [0.29, 0.717) is 17.5 Å². The molecule has 1 aliphatic carbocycles. The molecule has 0 unspecified atom stereocenters. The SMILES string of the molecule is CC(C)(C(=O)NCC1CCCCC1)S(=O)(=O)c1ccc(Cl)cc1. The highest BCUT2D eigenvalue weighted by atomic mass is 35.5. The molecule has 1 aromatic carbocycles. The van der Waals surface area contributed by atoms with Crippen LogP contribution in [0.15, 0.2) is 29.2 Å². The zero-order valence-electron chi connectivity index (χ0n) is 13.6. The van der Waals surface area contributed by atoms with E-state index in [0.717, 1.165) is 12.8 Å². The van der Waals surface area contributed by atoms with E-state index in [1.54, 1.807) is 0 Å². The molecular weight excluding hydrogens is 334 g/mol. The monoisotopic (exact) mass is 357 g/mol. The van der Waals surface area contributed by atoms with Crippen molar-refractivity contribution in [2.45, 2.75) is 55.6 Å². The lowest BCUT2D eigenvalue weighted by Crippen LogP contribution is -2.49. The molecule has 0 spiro atoms. The molecule has 0 saturated heterocycles. The van der Waals surface area contributed by atoms with Gasteiger partial charge in [-0.15, -0.1) is 0 Å². The fourth-order valence-electron chi connectivity index (χ4n) is 2.87. The maximum Gasteiger partial charge on any atom is 0.241 e. The topological polar surface area (TPSA) is 63.2 Å². The van der Waals surface area contributed by atoms with E-state index in [2.05, 4.69) is 5.32 Å². The number of nitrogens with one attached hydrogen (secondary N) is 1. The maximum absolute atomic E-state index is 12.8. The third-order valence-electron chi connectivity index (χ3n) is 4.62. The molecule has 0 aromatic heterocycles. The van der Waals surface area contributed by atoms with Crippen LogP contribution in [-0.4, -0.2) is 25.6 Å². The lowest BCUT2D eigenvalue weighted by molar-refractivity contribution is -0.123. The lowest BCUT2D eigenvalue weighted by atomic mass is 9.89. The minimum Gasteiger partial charge on any atom is -0.354 e. The molecule has 2 rings (SSSR count). The van der Waals surface area contributed by atoms with E-state index in [9.17, 15) is 13.2 Å². The van der Waals surface area contributed by atoms with Gasteiger partial charge in [-0.3, -0.25) is 4.79 Å². The van der Waals surface area contributed by atoms with E-state index in [1.165, 1.54) is 57.4 Å². The first-order valence-corrected chi connectivity index (χ1v) is 9.90. The summed E-state index contributed by atoms with van der Waals surface area (Å²) in [7, 11) is -3.78. The quantitative estimate of drug-likeness (QED) is 0.875. The summed E-state index contributed by atoms with van der Waals surface area (Å²) in [5, 5.41) is 3.30. The van der Waals surface area contributed by atoms with Gasteiger partial charge in [0.15, 0.2) is 9.84 Å². The second-order valence-corrected chi connectivity index (χ2v) is 9.62. The number of amides is 1. The van der Waals surface area contributed by atoms with Gasteiger partial charge in [0.05, 0.1) is 4.90 Å². The van der Waals surface area contributed by atoms with Gasteiger partial charge in [0.1, 0.15) is 4.75 Å². The summed E-state index contributed by atoms with van der Waals surface area (Å²) in [5.41, 5.74) is 0. The molecule has 0 heterocycles. The van der Waals surface area contributed by atoms with Crippen LogP contribution >= 0.6 is 11.6 Å². The highest BCUT2D eigenvalue weighted by Gasteiger charge is 2.42. The second kappa shape index (κ2) is 7.22. The number of rotatable bonds is 5. The van der Waals surface area contributed by atoms with Gasteiger partial charge >= 0.3 is 0 Å². The van der Waals surface area contributed by atoms with Gasteiger partial charge in [0.2, 0.25) is 5.91 Å². The van der Waals surface area contributed by atoms with Crippen molar-refractivity contribution in [3.05, 3.63) is 29.3 Å². The lowest BCUT2D eigenvalue weighted by Gasteiger charge is -2.27. The molecule has 6 heteroatoms. The van der Waals surface area contributed by atoms with Crippen molar-refractivity contribution in [2.75, 3.05) is 6.54 Å². The van der Waals surface area contributed by atoms with Crippen molar-refractivity contribution >= 4 is 27.3 Å². The van der Waals surface area contributed by atoms with Crippen LogP contribution in [0.3, 0.4) is 0 Å². The third-order valence-corrected chi connectivity index (χ3v) is 7.29. The van der Waals surface area contributed by atoms with Crippen LogP contribution in [0.5, 0.6) is 0 Å². The van der Waals surface area contributed by atoms with Crippen LogP contribution in [0.2, 0.25) is 5.02 Å². The van der Waals surface area contributed by atoms with Gasteiger partial charge in [-0.2, -0.15) is 0 Å². The van der Waals surface area contributed by atoms with E-state index in [-0.39, 0.29) is 4.90 Å². The van der Waals surface area contributed by atoms with E-state index >= 15 is 0 Å². The van der Waals surface area contributed by atoms with E-state index < -0.39 is 20.5 Å². The largest absolute Gasteiger partial charge is 0.354 e. The van der Waals surface area contributed by atoms with Gasteiger partial charge in [-0.05, 0) is 56.9 Å². The molecule has 128 valence electrons. The Hall–Kier alpha value is -1.07. The van der Waals surface area contributed by atoms with Crippen LogP contribution in [0.1, 0.15) is 46.0 Å². The molecule has 0 atom stereocenters. The fourth-order valence-corrected chi connectivity index (χ4v) is 4.40. The Bertz CT molecular complexity index is 647. The van der Waals surface area contributed by atoms with Crippen LogP contribution in [0, 0.1) is 5.92 Å². The Morgan fingerprint density at radius 2 is 1.74 bits per heavy atom. The number of hydrogen-bond donors (Lipinski definition) is 1. The van der Waals surface area contributed by atoms with Crippen LogP contribution in [0.4, 0.5) is 0 Å². The summed E-state index contributed by atoms with van der Waals surface area (Å²) >= 11 is 5.80. The first kappa shape index (κ1) is 18.3. The summed E-state index contributed by atoms with van der Waals surface area (Å²) in [6, 6.07) is 5.91. The molecule has 4 nitrogen and oxygen atoms in total. The molecular formula is C17H24ClNO3S. The Morgan fingerprint density at radius 3 is 2.30 bits per heavy atom. The van der Waals surface area contributed by atoms with Crippen molar-refractivity contribution in [3.8, 4) is 0 Å². The highest BCUT2D eigenvalue weighted by Crippen LogP contribution is 2.27. The van der Waals surface area contributed by atoms with E-state index in [1.807, 2.05) is 0 Å². The molecule has 0 bridgehead atoms. The molecule has 1 N–H and O–H groups in total. The average Bonchev–Trinajstić information content (AvgIpc) is 2.53. The van der Waals surface area contributed by atoms with Crippen molar-refractivity contribution in [1.29, 1.82) is 0 Å². The summed E-state index contributed by atoms with van der Waals surface area (Å²) < 4.78 is 24.0. The van der Waals surface area contributed by atoms with Crippen LogP contribution in [-0.2, 0) is 14.6 Å². The highest BCUT2D eigenvalue weighted by molar-refractivity contribution is 7.93. The number of halogens is 1. The summed E-state index contributed by atoms with van der Waals surface area (Å²) in [5.74, 6) is 0.0137. The zero-order valence-corrected chi connectivity index (χ0v) is 15.2. The molecule has 1 fully saturated rings. The third kappa shape index (κ3) is 4.07. The number of sulfone groups is 1. The molecule has 1 aromatic rings. The average molecular weight is 358 g/mol. The van der Waals surface area contributed by atoms with Gasteiger partial charge in [-0.1, -0.05) is 30.9 Å². The smallest absolute Gasteiger partial charge is 0.241 e. The predicted molar refractivity (Wildman–Crippen MR) is 92.3 cm³/mol. The fraction of sp³-hybridized carbons (Fsp3) is 0.588. The maximum atomic E-state index is 12.8. The van der Waals surface area contributed by atoms with Crippen molar-refractivity contribution in [2.24, 2.45) is 5.92 Å². The normalized spacial score (nSPS) is 17.0. The van der Waals surface area contributed by atoms with Crippen molar-refractivity contribution in [1.82, 2.24) is 5.32 Å². The van der Waals surface area contributed by atoms with E-state index in [4.69, 9.17) is 11.6 Å². The zero-order chi connectivity index (χ0) is 17.1. The Morgan fingerprint density at radius 1 is 1.17 bits per heavy atom. The minimum atomic E-state index is -3.78. The molecule has 1 aliphatic rings. The van der Waals surface area contributed by atoms with Crippen molar-refractivity contribution in [3.63, 3.8) is 0 Å². The number of benzene rings is 1. The van der Waals surface area contributed by atoms with Gasteiger partial charge in [0, 0.05) is 11.6 Å². The Labute approximate surface area is 143 Å². The predicted octanol–water partition coefficient (Wildman–Crippen LogP) is 3.59. The summed E-state index contributed by atoms with van der Waals surface area (Å²) in [6.07, 6.45) is 5.83. The number of carbonyl (C=O) groups is 1. The first-order chi connectivity index (χ1) is 10.7. The second-order valence-electron chi connectivity index (χ2n) is 6.68. The molecule has 0 aliphatic heterocycles. The Kier molecular flexibility index (Phi) is 5.74. The standard InChI is InChI=1S/C17H24ClNO3S/c1-17(2,16(20)19-12-13-6-4-3-5-7-13)23(21,22)15-10-8-14(18)9-11-15/h8-11,13H,3-7,12H2,1-2H3,(H,19,20). The van der Waals surface area contributed by atoms with Gasteiger partial charge in [-0.25, -0.2) is 8.42 Å². The molecule has 1 saturated carbocycles. The minimum absolute atomic E-state index is 0.111. The molecule has 0 radical (unpaired) electrons. The first-order valence-electron chi connectivity index (χ1n) is 8.03.